The maximum atomic E-state index is 8.56. The van der Waals surface area contributed by atoms with Gasteiger partial charge in [0.15, 0.2) is 0 Å². The number of allylic oxidation sites excluding steroid dienone is 2. The summed E-state index contributed by atoms with van der Waals surface area (Å²) in [7, 11) is 0. The summed E-state index contributed by atoms with van der Waals surface area (Å²) in [5, 5.41) is 8.56. The van der Waals surface area contributed by atoms with Crippen molar-refractivity contribution in [1.82, 2.24) is 0 Å². The summed E-state index contributed by atoms with van der Waals surface area (Å²) in [4.78, 5) is 0. The molecular weight excluding hydrogens is 160 g/mol. The minimum absolute atomic E-state index is 0.325. The van der Waals surface area contributed by atoms with Crippen LogP contribution in [0.25, 0.3) is 0 Å². The summed E-state index contributed by atoms with van der Waals surface area (Å²) in [6, 6.07) is 0. The zero-order chi connectivity index (χ0) is 10.2. The maximum absolute atomic E-state index is 8.56. The quantitative estimate of drug-likeness (QED) is 0.494. The second-order valence-electron chi connectivity index (χ2n) is 4.69. The van der Waals surface area contributed by atoms with Gasteiger partial charge in [0.25, 0.3) is 0 Å². The summed E-state index contributed by atoms with van der Waals surface area (Å²) < 4.78 is 0. The van der Waals surface area contributed by atoms with E-state index < -0.39 is 0 Å². The molecule has 1 nitrogen and oxygen atoms in total. The molecule has 0 saturated carbocycles. The van der Waals surface area contributed by atoms with Gasteiger partial charge in [-0.3, -0.25) is 0 Å². The molecule has 0 atom stereocenters. The topological polar surface area (TPSA) is 20.2 Å². The average molecular weight is 184 g/mol. The van der Waals surface area contributed by atoms with Crippen molar-refractivity contribution in [3.8, 4) is 0 Å². The molecule has 0 aliphatic heterocycles. The van der Waals surface area contributed by atoms with Crippen molar-refractivity contribution in [3.05, 3.63) is 12.2 Å². The van der Waals surface area contributed by atoms with E-state index in [-0.39, 0.29) is 0 Å². The van der Waals surface area contributed by atoms with Gasteiger partial charge in [-0.05, 0) is 24.7 Å². The highest BCUT2D eigenvalue weighted by molar-refractivity contribution is 4.91. The van der Waals surface area contributed by atoms with Crippen LogP contribution in [0.5, 0.6) is 0 Å². The number of hydrogen-bond acceptors (Lipinski definition) is 1. The van der Waals surface area contributed by atoms with Gasteiger partial charge < -0.3 is 5.11 Å². The van der Waals surface area contributed by atoms with Gasteiger partial charge in [0.05, 0.1) is 0 Å². The Labute approximate surface area is 82.9 Å². The fourth-order valence-corrected chi connectivity index (χ4v) is 1.16. The van der Waals surface area contributed by atoms with Crippen molar-refractivity contribution >= 4 is 0 Å². The van der Waals surface area contributed by atoms with Crippen LogP contribution in [0.15, 0.2) is 12.2 Å². The molecular formula is C12H24O. The van der Waals surface area contributed by atoms with Crippen LogP contribution in [-0.2, 0) is 0 Å². The van der Waals surface area contributed by atoms with E-state index in [1.165, 1.54) is 25.7 Å². The van der Waals surface area contributed by atoms with E-state index in [4.69, 9.17) is 5.11 Å². The molecule has 0 unspecified atom stereocenters. The average Bonchev–Trinajstić information content (AvgIpc) is 2.01. The third-order valence-electron chi connectivity index (χ3n) is 1.90. The van der Waals surface area contributed by atoms with E-state index in [0.29, 0.717) is 12.0 Å². The first kappa shape index (κ1) is 12.7. The van der Waals surface area contributed by atoms with E-state index in [2.05, 4.69) is 32.9 Å². The fourth-order valence-electron chi connectivity index (χ4n) is 1.16. The van der Waals surface area contributed by atoms with Crippen molar-refractivity contribution in [1.29, 1.82) is 0 Å². The van der Waals surface area contributed by atoms with Gasteiger partial charge >= 0.3 is 0 Å². The molecule has 0 aliphatic carbocycles. The molecule has 0 bridgehead atoms. The number of unbranched alkanes of at least 4 members (excludes halogenated alkanes) is 4. The van der Waals surface area contributed by atoms with Crippen LogP contribution in [0, 0.1) is 5.41 Å². The van der Waals surface area contributed by atoms with Crippen LogP contribution in [0.1, 0.15) is 52.9 Å². The molecule has 0 amide bonds. The van der Waals surface area contributed by atoms with Crippen molar-refractivity contribution < 1.29 is 5.11 Å². The lowest BCUT2D eigenvalue weighted by atomic mass is 9.96. The van der Waals surface area contributed by atoms with Crippen molar-refractivity contribution in [3.63, 3.8) is 0 Å². The minimum Gasteiger partial charge on any atom is -0.396 e. The second-order valence-corrected chi connectivity index (χ2v) is 4.69. The smallest absolute Gasteiger partial charge is 0.0431 e. The van der Waals surface area contributed by atoms with Gasteiger partial charge in [-0.1, -0.05) is 45.8 Å². The molecule has 0 spiro atoms. The summed E-state index contributed by atoms with van der Waals surface area (Å²) in [5.74, 6) is 0. The summed E-state index contributed by atoms with van der Waals surface area (Å²) in [6.45, 7) is 7.00. The Kier molecular flexibility index (Phi) is 6.97. The maximum Gasteiger partial charge on any atom is 0.0431 e. The van der Waals surface area contributed by atoms with E-state index >= 15 is 0 Å². The fraction of sp³-hybridized carbons (Fsp3) is 0.833. The zero-order valence-electron chi connectivity index (χ0n) is 9.34. The van der Waals surface area contributed by atoms with Gasteiger partial charge in [-0.25, -0.2) is 0 Å². The van der Waals surface area contributed by atoms with Crippen LogP contribution in [0.2, 0.25) is 0 Å². The molecule has 1 N–H and O–H groups in total. The summed E-state index contributed by atoms with van der Waals surface area (Å²) in [5.41, 5.74) is 0.325. The molecule has 0 aromatic heterocycles. The number of rotatable bonds is 6. The Morgan fingerprint density at radius 3 is 2.15 bits per heavy atom. The molecule has 0 aliphatic rings. The number of aliphatic hydroxyl groups excluding tert-OH is 1. The molecule has 0 saturated heterocycles. The van der Waals surface area contributed by atoms with Gasteiger partial charge in [0.2, 0.25) is 0 Å². The van der Waals surface area contributed by atoms with Crippen LogP contribution in [0.3, 0.4) is 0 Å². The van der Waals surface area contributed by atoms with Gasteiger partial charge in [-0.2, -0.15) is 0 Å². The van der Waals surface area contributed by atoms with Gasteiger partial charge in [0, 0.05) is 6.61 Å². The van der Waals surface area contributed by atoms with Gasteiger partial charge in [0.1, 0.15) is 0 Å². The highest BCUT2D eigenvalue weighted by Crippen LogP contribution is 2.15. The first-order valence-electron chi connectivity index (χ1n) is 5.35. The van der Waals surface area contributed by atoms with Crippen LogP contribution in [-0.4, -0.2) is 11.7 Å². The third-order valence-corrected chi connectivity index (χ3v) is 1.90. The van der Waals surface area contributed by atoms with Crippen molar-refractivity contribution in [2.24, 2.45) is 5.41 Å². The Hall–Kier alpha value is -0.300. The predicted molar refractivity (Wildman–Crippen MR) is 58.8 cm³/mol. The molecule has 0 heterocycles. The molecule has 0 radical (unpaired) electrons. The molecule has 0 fully saturated rings. The third kappa shape index (κ3) is 11.7. The van der Waals surface area contributed by atoms with E-state index in [1.807, 2.05) is 0 Å². The Morgan fingerprint density at radius 2 is 1.62 bits per heavy atom. The normalized spacial score (nSPS) is 12.6. The Bertz CT molecular complexity index is 131. The van der Waals surface area contributed by atoms with E-state index in [1.54, 1.807) is 0 Å². The van der Waals surface area contributed by atoms with Crippen molar-refractivity contribution in [2.75, 3.05) is 6.61 Å². The molecule has 0 aromatic rings. The van der Waals surface area contributed by atoms with E-state index in [9.17, 15) is 0 Å². The lowest BCUT2D eigenvalue weighted by Crippen LogP contribution is -1.98. The van der Waals surface area contributed by atoms with Gasteiger partial charge in [-0.15, -0.1) is 0 Å². The lowest BCUT2D eigenvalue weighted by Gasteiger charge is -2.10. The lowest BCUT2D eigenvalue weighted by molar-refractivity contribution is 0.282. The Morgan fingerprint density at radius 1 is 1.00 bits per heavy atom. The largest absolute Gasteiger partial charge is 0.396 e. The minimum atomic E-state index is 0.325. The predicted octanol–water partition coefficient (Wildman–Crippen LogP) is 3.53. The van der Waals surface area contributed by atoms with Crippen LogP contribution >= 0.6 is 0 Å². The van der Waals surface area contributed by atoms with Crippen LogP contribution in [0.4, 0.5) is 0 Å². The summed E-state index contributed by atoms with van der Waals surface area (Å²) in [6.07, 6.45) is 10.4. The molecule has 78 valence electrons. The monoisotopic (exact) mass is 184 g/mol. The number of aliphatic hydroxyl groups is 1. The van der Waals surface area contributed by atoms with Crippen molar-refractivity contribution in [2.45, 2.75) is 52.9 Å². The molecule has 1 heteroatoms. The van der Waals surface area contributed by atoms with E-state index in [0.717, 1.165) is 6.42 Å². The molecule has 0 aromatic carbocycles. The summed E-state index contributed by atoms with van der Waals surface area (Å²) >= 11 is 0. The number of hydrogen-bond donors (Lipinski definition) is 1. The van der Waals surface area contributed by atoms with Crippen LogP contribution < -0.4 is 0 Å². The highest BCUT2D eigenvalue weighted by atomic mass is 16.2. The molecule has 13 heavy (non-hydrogen) atoms. The zero-order valence-corrected chi connectivity index (χ0v) is 9.34. The first-order chi connectivity index (χ1) is 6.06. The Balaban J connectivity index is 3.21. The second kappa shape index (κ2) is 7.14. The first-order valence-corrected chi connectivity index (χ1v) is 5.35. The molecule has 0 rings (SSSR count). The SMILES string of the molecule is CC(C)(C)/C=C/CCCCCCO. The highest BCUT2D eigenvalue weighted by Gasteiger charge is 2.02. The standard InChI is InChI=1S/C12H24O/c1-12(2,3)10-8-6-4-5-7-9-11-13/h8,10,13H,4-7,9,11H2,1-3H3/b10-8+.